The lowest BCUT2D eigenvalue weighted by Crippen LogP contribution is -2.33. The van der Waals surface area contributed by atoms with Crippen molar-refractivity contribution in [2.75, 3.05) is 13.7 Å². The van der Waals surface area contributed by atoms with Crippen LogP contribution in [0.5, 0.6) is 0 Å². The fraction of sp³-hybridized carbons (Fsp3) is 0.538. The number of rotatable bonds is 6. The van der Waals surface area contributed by atoms with Gasteiger partial charge in [-0.15, -0.1) is 0 Å². The van der Waals surface area contributed by atoms with Gasteiger partial charge in [-0.3, -0.25) is 0 Å². The summed E-state index contributed by atoms with van der Waals surface area (Å²) in [5.41, 5.74) is 1.12. The van der Waals surface area contributed by atoms with Crippen LogP contribution in [-0.4, -0.2) is 25.8 Å². The van der Waals surface area contributed by atoms with Crippen molar-refractivity contribution in [1.29, 1.82) is 0 Å². The fourth-order valence-electron chi connectivity index (χ4n) is 1.46. The van der Waals surface area contributed by atoms with Gasteiger partial charge in [0.2, 0.25) is 0 Å². The highest BCUT2D eigenvalue weighted by Crippen LogP contribution is 2.06. The number of nitrogens with one attached hydrogen (secondary N) is 1. The molecule has 0 radical (unpaired) electrons. The van der Waals surface area contributed by atoms with E-state index in [0.717, 1.165) is 12.0 Å². The summed E-state index contributed by atoms with van der Waals surface area (Å²) < 4.78 is 18.3. The number of hydrogen-bond donors (Lipinski definition) is 1. The summed E-state index contributed by atoms with van der Waals surface area (Å²) in [4.78, 5) is 0. The van der Waals surface area contributed by atoms with Crippen LogP contribution >= 0.6 is 0 Å². The van der Waals surface area contributed by atoms with Gasteiger partial charge in [-0.05, 0) is 45.0 Å². The predicted molar refractivity (Wildman–Crippen MR) is 64.0 cm³/mol. The Hall–Kier alpha value is -0.930. The molecule has 1 rings (SSSR count). The molecular formula is C13H20FNO. The first-order valence-electron chi connectivity index (χ1n) is 5.65. The van der Waals surface area contributed by atoms with Crippen LogP contribution in [0.1, 0.15) is 19.4 Å². The molecule has 0 aliphatic rings. The largest absolute Gasteiger partial charge is 0.377 e. The van der Waals surface area contributed by atoms with Gasteiger partial charge >= 0.3 is 0 Å². The number of benzene rings is 1. The Balaban J connectivity index is 2.46. The molecule has 0 saturated heterocycles. The molecule has 0 aliphatic carbocycles. The van der Waals surface area contributed by atoms with Crippen molar-refractivity contribution in [3.05, 3.63) is 35.6 Å². The number of ether oxygens (including phenoxy) is 1. The minimum Gasteiger partial charge on any atom is -0.377 e. The zero-order valence-corrected chi connectivity index (χ0v) is 10.2. The molecule has 3 heteroatoms. The molecule has 0 amide bonds. The molecule has 1 unspecified atom stereocenters. The molecule has 0 aromatic heterocycles. The van der Waals surface area contributed by atoms with E-state index in [1.165, 1.54) is 12.1 Å². The van der Waals surface area contributed by atoms with Gasteiger partial charge < -0.3 is 10.1 Å². The Morgan fingerprint density at radius 3 is 2.38 bits per heavy atom. The maximum absolute atomic E-state index is 12.7. The molecule has 1 aromatic carbocycles. The Morgan fingerprint density at radius 1 is 1.25 bits per heavy atom. The first-order valence-corrected chi connectivity index (χ1v) is 5.65. The average molecular weight is 225 g/mol. The number of likely N-dealkylation sites (N-methyl/N-ethyl adjacent to an activating group) is 1. The van der Waals surface area contributed by atoms with Gasteiger partial charge in [0.1, 0.15) is 5.82 Å². The molecule has 0 aliphatic heterocycles. The van der Waals surface area contributed by atoms with Gasteiger partial charge in [0.25, 0.3) is 0 Å². The van der Waals surface area contributed by atoms with Crippen molar-refractivity contribution in [2.24, 2.45) is 0 Å². The zero-order chi connectivity index (χ0) is 12.0. The van der Waals surface area contributed by atoms with Crippen LogP contribution in [0.15, 0.2) is 24.3 Å². The van der Waals surface area contributed by atoms with E-state index in [4.69, 9.17) is 4.74 Å². The van der Waals surface area contributed by atoms with Crippen molar-refractivity contribution >= 4 is 0 Å². The molecule has 90 valence electrons. The molecule has 0 heterocycles. The predicted octanol–water partition coefficient (Wildman–Crippen LogP) is 2.38. The molecule has 0 saturated carbocycles. The van der Waals surface area contributed by atoms with E-state index in [0.29, 0.717) is 6.61 Å². The van der Waals surface area contributed by atoms with Crippen LogP contribution in [0.25, 0.3) is 0 Å². The Kier molecular flexibility index (Phi) is 5.43. The smallest absolute Gasteiger partial charge is 0.123 e. The third kappa shape index (κ3) is 4.73. The molecule has 1 atom stereocenters. The van der Waals surface area contributed by atoms with Crippen LogP contribution in [-0.2, 0) is 11.2 Å². The Labute approximate surface area is 96.8 Å². The highest BCUT2D eigenvalue weighted by atomic mass is 19.1. The fourth-order valence-corrected chi connectivity index (χ4v) is 1.46. The normalized spacial score (nSPS) is 13.1. The van der Waals surface area contributed by atoms with Gasteiger partial charge in [0, 0.05) is 6.04 Å². The topological polar surface area (TPSA) is 21.3 Å². The third-order valence-electron chi connectivity index (χ3n) is 2.43. The summed E-state index contributed by atoms with van der Waals surface area (Å²) in [5.74, 6) is -0.191. The summed E-state index contributed by atoms with van der Waals surface area (Å²) in [6.07, 6.45) is 1.09. The van der Waals surface area contributed by atoms with Gasteiger partial charge in [-0.25, -0.2) is 4.39 Å². The van der Waals surface area contributed by atoms with Crippen LogP contribution < -0.4 is 5.32 Å². The first-order chi connectivity index (χ1) is 7.61. The highest BCUT2D eigenvalue weighted by Gasteiger charge is 2.08. The van der Waals surface area contributed by atoms with Crippen molar-refractivity contribution in [1.82, 2.24) is 5.32 Å². The molecule has 1 N–H and O–H groups in total. The molecule has 1 aromatic rings. The number of halogens is 1. The Morgan fingerprint density at radius 2 is 1.88 bits per heavy atom. The summed E-state index contributed by atoms with van der Waals surface area (Å²) in [7, 11) is 1.91. The minimum atomic E-state index is -0.191. The lowest BCUT2D eigenvalue weighted by atomic mass is 10.1. The van der Waals surface area contributed by atoms with E-state index in [1.807, 2.05) is 33.0 Å². The lowest BCUT2D eigenvalue weighted by molar-refractivity contribution is 0.0628. The molecule has 16 heavy (non-hydrogen) atoms. The van der Waals surface area contributed by atoms with Gasteiger partial charge in [0.05, 0.1) is 12.7 Å². The van der Waals surface area contributed by atoms with E-state index < -0.39 is 0 Å². The second-order valence-corrected chi connectivity index (χ2v) is 4.20. The van der Waals surface area contributed by atoms with Crippen molar-refractivity contribution in [2.45, 2.75) is 32.4 Å². The lowest BCUT2D eigenvalue weighted by Gasteiger charge is -2.18. The quantitative estimate of drug-likeness (QED) is 0.802. The average Bonchev–Trinajstić information content (AvgIpc) is 2.26. The third-order valence-corrected chi connectivity index (χ3v) is 2.43. The van der Waals surface area contributed by atoms with E-state index in [1.54, 1.807) is 0 Å². The van der Waals surface area contributed by atoms with E-state index in [9.17, 15) is 4.39 Å². The molecule has 0 fully saturated rings. The summed E-state index contributed by atoms with van der Waals surface area (Å²) in [6, 6.07) is 6.88. The van der Waals surface area contributed by atoms with Crippen LogP contribution in [0.2, 0.25) is 0 Å². The van der Waals surface area contributed by atoms with Crippen LogP contribution in [0, 0.1) is 5.82 Å². The maximum Gasteiger partial charge on any atom is 0.123 e. The van der Waals surface area contributed by atoms with Gasteiger partial charge in [-0.1, -0.05) is 12.1 Å². The first kappa shape index (κ1) is 13.1. The van der Waals surface area contributed by atoms with Gasteiger partial charge in [-0.2, -0.15) is 0 Å². The minimum absolute atomic E-state index is 0.191. The monoisotopic (exact) mass is 225 g/mol. The standard InChI is InChI=1S/C13H20FNO/c1-10(2)16-9-13(15-3)8-11-4-6-12(14)7-5-11/h4-7,10,13,15H,8-9H2,1-3H3. The SMILES string of the molecule is CNC(COC(C)C)Cc1ccc(F)cc1. The van der Waals surface area contributed by atoms with E-state index in [2.05, 4.69) is 5.32 Å². The summed E-state index contributed by atoms with van der Waals surface area (Å²) >= 11 is 0. The maximum atomic E-state index is 12.7. The van der Waals surface area contributed by atoms with E-state index >= 15 is 0 Å². The molecule has 2 nitrogen and oxygen atoms in total. The van der Waals surface area contributed by atoms with Crippen molar-refractivity contribution in [3.63, 3.8) is 0 Å². The molecular weight excluding hydrogens is 205 g/mol. The Bertz CT molecular complexity index is 297. The van der Waals surface area contributed by atoms with Gasteiger partial charge in [0.15, 0.2) is 0 Å². The van der Waals surface area contributed by atoms with Crippen molar-refractivity contribution < 1.29 is 9.13 Å². The van der Waals surface area contributed by atoms with E-state index in [-0.39, 0.29) is 18.0 Å². The second-order valence-electron chi connectivity index (χ2n) is 4.20. The van der Waals surface area contributed by atoms with Crippen LogP contribution in [0.3, 0.4) is 0 Å². The van der Waals surface area contributed by atoms with Crippen molar-refractivity contribution in [3.8, 4) is 0 Å². The zero-order valence-electron chi connectivity index (χ0n) is 10.2. The second kappa shape index (κ2) is 6.61. The number of hydrogen-bond acceptors (Lipinski definition) is 2. The summed E-state index contributed by atoms with van der Waals surface area (Å²) in [6.45, 7) is 4.71. The summed E-state index contributed by atoms with van der Waals surface area (Å²) in [5, 5.41) is 3.20. The van der Waals surface area contributed by atoms with Crippen LogP contribution in [0.4, 0.5) is 4.39 Å². The highest BCUT2D eigenvalue weighted by molar-refractivity contribution is 5.17. The molecule has 0 bridgehead atoms. The molecule has 0 spiro atoms.